The van der Waals surface area contributed by atoms with E-state index >= 15 is 0 Å². The van der Waals surface area contributed by atoms with Crippen molar-refractivity contribution >= 4 is 23.6 Å². The molecule has 0 spiro atoms. The Hall–Kier alpha value is -1.35. The van der Waals surface area contributed by atoms with Gasteiger partial charge in [0.05, 0.1) is 6.10 Å². The SMILES string of the molecule is C=C/C(C)=C/C[C@@H]1[C@@]2(C)CCC[C@](C)(CO)[C@@H]2C[C@H](O)[C@]1(O)CSC[C@H](NC(C)=O)C(=O)O. The van der Waals surface area contributed by atoms with Crippen LogP contribution in [-0.2, 0) is 9.59 Å². The quantitative estimate of drug-likeness (QED) is 0.302. The highest BCUT2D eigenvalue weighted by Crippen LogP contribution is 2.63. The number of amides is 1. The number of carbonyl (C=O) groups excluding carboxylic acids is 1. The number of rotatable bonds is 10. The lowest BCUT2D eigenvalue weighted by Gasteiger charge is -2.63. The zero-order valence-corrected chi connectivity index (χ0v) is 21.2. The van der Waals surface area contributed by atoms with E-state index in [9.17, 15) is 30.0 Å². The minimum absolute atomic E-state index is 0.0401. The maximum atomic E-state index is 11.9. The number of nitrogens with one attached hydrogen (secondary N) is 1. The van der Waals surface area contributed by atoms with Crippen LogP contribution < -0.4 is 5.32 Å². The molecule has 0 aromatic heterocycles. The predicted molar refractivity (Wildman–Crippen MR) is 131 cm³/mol. The van der Waals surface area contributed by atoms with Crippen molar-refractivity contribution in [2.75, 3.05) is 18.1 Å². The number of thioether (sulfide) groups is 1. The molecule has 0 saturated heterocycles. The molecule has 0 aliphatic heterocycles. The van der Waals surface area contributed by atoms with Gasteiger partial charge in [-0.1, -0.05) is 44.6 Å². The summed E-state index contributed by atoms with van der Waals surface area (Å²) in [7, 11) is 0. The largest absolute Gasteiger partial charge is 0.480 e. The second-order valence-corrected chi connectivity index (χ2v) is 11.5. The molecule has 0 aromatic carbocycles. The van der Waals surface area contributed by atoms with E-state index in [1.165, 1.54) is 18.7 Å². The average Bonchev–Trinajstić information content (AvgIpc) is 2.74. The fraction of sp³-hybridized carbons (Fsp3) is 0.760. The molecule has 0 unspecified atom stereocenters. The molecule has 2 fully saturated rings. The van der Waals surface area contributed by atoms with Crippen LogP contribution in [0.4, 0.5) is 0 Å². The van der Waals surface area contributed by atoms with E-state index < -0.39 is 29.6 Å². The first-order valence-electron chi connectivity index (χ1n) is 11.7. The van der Waals surface area contributed by atoms with Gasteiger partial charge in [-0.2, -0.15) is 11.8 Å². The Morgan fingerprint density at radius 3 is 2.48 bits per heavy atom. The second-order valence-electron chi connectivity index (χ2n) is 10.5. The Balaban J connectivity index is 2.36. The molecule has 7 atom stereocenters. The number of hydrogen-bond donors (Lipinski definition) is 5. The highest BCUT2D eigenvalue weighted by atomic mass is 32.2. The number of aliphatic hydroxyl groups excluding tert-OH is 2. The summed E-state index contributed by atoms with van der Waals surface area (Å²) < 4.78 is 0. The molecule has 2 aliphatic carbocycles. The lowest BCUT2D eigenvalue weighted by atomic mass is 9.44. The number of aliphatic hydroxyl groups is 3. The van der Waals surface area contributed by atoms with E-state index in [4.69, 9.17) is 0 Å². The Kier molecular flexibility index (Phi) is 9.24. The number of aliphatic carboxylic acids is 1. The molecule has 0 heterocycles. The average molecular weight is 484 g/mol. The van der Waals surface area contributed by atoms with Crippen LogP contribution in [0.15, 0.2) is 24.3 Å². The molecule has 7 nitrogen and oxygen atoms in total. The summed E-state index contributed by atoms with van der Waals surface area (Å²) in [5, 5.41) is 45.2. The van der Waals surface area contributed by atoms with Gasteiger partial charge >= 0.3 is 5.97 Å². The zero-order valence-electron chi connectivity index (χ0n) is 20.3. The molecule has 2 saturated carbocycles. The second kappa shape index (κ2) is 10.9. The zero-order chi connectivity index (χ0) is 25.0. The third-order valence-electron chi connectivity index (χ3n) is 8.19. The monoisotopic (exact) mass is 483 g/mol. The molecule has 2 rings (SSSR count). The number of carboxylic acid groups (broad SMARTS) is 1. The Bertz CT molecular complexity index is 772. The third-order valence-corrected chi connectivity index (χ3v) is 9.42. The van der Waals surface area contributed by atoms with Gasteiger partial charge < -0.3 is 25.7 Å². The van der Waals surface area contributed by atoms with Crippen molar-refractivity contribution in [3.63, 3.8) is 0 Å². The van der Waals surface area contributed by atoms with Crippen molar-refractivity contribution in [1.82, 2.24) is 5.32 Å². The standard InChI is InChI=1S/C25H41NO6S/c1-6-16(2)8-9-19-24(5)11-7-10-23(4,14-27)20(24)12-21(29)25(19,32)15-33-13-18(22(30)31)26-17(3)28/h6,8,18-21,27,29,32H,1,7,9-15H2,2-5H3,(H,26,28)(H,30,31)/b16-8+/t18-,19+,20-,21-,23+,24+,25-/m0/s1. The van der Waals surface area contributed by atoms with Gasteiger partial charge in [-0.05, 0) is 49.4 Å². The van der Waals surface area contributed by atoms with Crippen LogP contribution in [0.2, 0.25) is 0 Å². The molecule has 0 aromatic rings. The van der Waals surface area contributed by atoms with Crippen LogP contribution >= 0.6 is 11.8 Å². The summed E-state index contributed by atoms with van der Waals surface area (Å²) in [6, 6.07) is -1.06. The summed E-state index contributed by atoms with van der Waals surface area (Å²) >= 11 is 1.23. The van der Waals surface area contributed by atoms with Crippen LogP contribution in [-0.4, -0.2) is 68.2 Å². The van der Waals surface area contributed by atoms with Gasteiger partial charge in [0, 0.05) is 31.0 Å². The molecule has 8 heteroatoms. The molecular weight excluding hydrogens is 442 g/mol. The van der Waals surface area contributed by atoms with Gasteiger partial charge in [0.1, 0.15) is 11.6 Å². The first kappa shape index (κ1) is 27.9. The number of carbonyl (C=O) groups is 2. The lowest BCUT2D eigenvalue weighted by Crippen LogP contribution is -2.66. The van der Waals surface area contributed by atoms with Crippen LogP contribution in [0.3, 0.4) is 0 Å². The van der Waals surface area contributed by atoms with E-state index in [0.717, 1.165) is 24.8 Å². The van der Waals surface area contributed by atoms with E-state index in [-0.39, 0.29) is 40.8 Å². The molecule has 0 radical (unpaired) electrons. The molecule has 0 bridgehead atoms. The van der Waals surface area contributed by atoms with Crippen molar-refractivity contribution < 1.29 is 30.0 Å². The van der Waals surface area contributed by atoms with Crippen molar-refractivity contribution in [3.8, 4) is 0 Å². The van der Waals surface area contributed by atoms with Crippen molar-refractivity contribution in [3.05, 3.63) is 24.3 Å². The smallest absolute Gasteiger partial charge is 0.327 e. The number of allylic oxidation sites excluding steroid dienone is 3. The van der Waals surface area contributed by atoms with Crippen molar-refractivity contribution in [2.45, 2.75) is 77.5 Å². The van der Waals surface area contributed by atoms with Crippen LogP contribution in [0, 0.1) is 22.7 Å². The first-order valence-corrected chi connectivity index (χ1v) is 12.9. The Labute approximate surface area is 201 Å². The normalized spacial score (nSPS) is 37.7. The van der Waals surface area contributed by atoms with E-state index in [1.807, 2.05) is 13.0 Å². The minimum Gasteiger partial charge on any atom is -0.480 e. The fourth-order valence-corrected chi connectivity index (χ4v) is 7.53. The summed E-state index contributed by atoms with van der Waals surface area (Å²) in [5.41, 5.74) is -1.06. The van der Waals surface area contributed by atoms with E-state index in [2.05, 4.69) is 25.7 Å². The minimum atomic E-state index is -1.43. The molecule has 1 amide bonds. The van der Waals surface area contributed by atoms with Crippen LogP contribution in [0.5, 0.6) is 0 Å². The summed E-state index contributed by atoms with van der Waals surface area (Å²) in [4.78, 5) is 22.8. The first-order chi connectivity index (χ1) is 15.3. The molecular formula is C25H41NO6S. The number of hydrogen-bond acceptors (Lipinski definition) is 6. The highest BCUT2D eigenvalue weighted by molar-refractivity contribution is 7.99. The van der Waals surface area contributed by atoms with Crippen LogP contribution in [0.25, 0.3) is 0 Å². The third kappa shape index (κ3) is 5.84. The predicted octanol–water partition coefficient (Wildman–Crippen LogP) is 2.75. The van der Waals surface area contributed by atoms with Gasteiger partial charge in [0.25, 0.3) is 0 Å². The topological polar surface area (TPSA) is 127 Å². The van der Waals surface area contributed by atoms with Crippen molar-refractivity contribution in [2.24, 2.45) is 22.7 Å². The maximum absolute atomic E-state index is 11.9. The summed E-state index contributed by atoms with van der Waals surface area (Å²) in [6.45, 7) is 11.3. The highest BCUT2D eigenvalue weighted by Gasteiger charge is 2.63. The van der Waals surface area contributed by atoms with Gasteiger partial charge in [-0.3, -0.25) is 4.79 Å². The van der Waals surface area contributed by atoms with Crippen molar-refractivity contribution in [1.29, 1.82) is 0 Å². The van der Waals surface area contributed by atoms with E-state index in [1.54, 1.807) is 6.08 Å². The molecule has 5 N–H and O–H groups in total. The van der Waals surface area contributed by atoms with E-state index in [0.29, 0.717) is 12.8 Å². The van der Waals surface area contributed by atoms with Gasteiger partial charge in [0.15, 0.2) is 0 Å². The van der Waals surface area contributed by atoms with Gasteiger partial charge in [-0.25, -0.2) is 4.79 Å². The van der Waals surface area contributed by atoms with Gasteiger partial charge in [-0.15, -0.1) is 0 Å². The maximum Gasteiger partial charge on any atom is 0.327 e. The molecule has 2 aliphatic rings. The lowest BCUT2D eigenvalue weighted by molar-refractivity contribution is -0.222. The van der Waals surface area contributed by atoms with Gasteiger partial charge in [0.2, 0.25) is 5.91 Å². The molecule has 188 valence electrons. The number of carboxylic acids is 1. The Morgan fingerprint density at radius 1 is 1.27 bits per heavy atom. The summed E-state index contributed by atoms with van der Waals surface area (Å²) in [6.07, 6.45) is 6.45. The fourth-order valence-electron chi connectivity index (χ4n) is 6.23. The Morgan fingerprint density at radius 2 is 1.94 bits per heavy atom. The van der Waals surface area contributed by atoms with Crippen LogP contribution in [0.1, 0.15) is 59.8 Å². The number of fused-ring (bicyclic) bond motifs is 1. The molecule has 33 heavy (non-hydrogen) atoms. The summed E-state index contributed by atoms with van der Waals surface area (Å²) in [5.74, 6) is -1.54.